The van der Waals surface area contributed by atoms with Crippen LogP contribution in [0.2, 0.25) is 0 Å². The van der Waals surface area contributed by atoms with E-state index < -0.39 is 5.91 Å². The molecule has 1 aliphatic rings. The van der Waals surface area contributed by atoms with E-state index >= 15 is 0 Å². The molecular formula is C20H28N4O4. The molecule has 3 rings (SSSR count). The van der Waals surface area contributed by atoms with Gasteiger partial charge in [0.2, 0.25) is 5.91 Å². The van der Waals surface area contributed by atoms with Crippen molar-refractivity contribution in [2.45, 2.75) is 39.2 Å². The summed E-state index contributed by atoms with van der Waals surface area (Å²) in [6.45, 7) is 4.74. The van der Waals surface area contributed by atoms with Crippen molar-refractivity contribution < 1.29 is 18.8 Å². The molecule has 1 aliphatic heterocycles. The number of benzene rings is 1. The Balaban J connectivity index is 1.36. The highest BCUT2D eigenvalue weighted by Gasteiger charge is 2.22. The summed E-state index contributed by atoms with van der Waals surface area (Å²) in [6, 6.07) is 5.97. The first-order chi connectivity index (χ1) is 13.6. The summed E-state index contributed by atoms with van der Waals surface area (Å²) < 4.78 is 16.1. The highest BCUT2D eigenvalue weighted by Crippen LogP contribution is 2.25. The highest BCUT2D eigenvalue weighted by atomic mass is 16.5. The molecular weight excluding hydrogens is 360 g/mol. The minimum absolute atomic E-state index is 0.366. The van der Waals surface area contributed by atoms with Gasteiger partial charge in [-0.1, -0.05) is 5.16 Å². The molecule has 1 aromatic heterocycles. The number of nitrogens with zero attached hydrogens (tertiary/aromatic N) is 3. The van der Waals surface area contributed by atoms with Gasteiger partial charge in [-0.05, 0) is 62.3 Å². The molecule has 8 heteroatoms. The number of piperidine rings is 1. The third kappa shape index (κ3) is 5.22. The van der Waals surface area contributed by atoms with Gasteiger partial charge in [0.25, 0.3) is 0 Å². The van der Waals surface area contributed by atoms with Crippen LogP contribution in [0.25, 0.3) is 0 Å². The summed E-state index contributed by atoms with van der Waals surface area (Å²) in [5, 5.41) is 3.92. The maximum absolute atomic E-state index is 11.3. The second-order valence-corrected chi connectivity index (χ2v) is 7.19. The number of nitrogens with two attached hydrogens (primary N) is 1. The van der Waals surface area contributed by atoms with Crippen LogP contribution < -0.4 is 15.4 Å². The molecule has 2 aromatic rings. The Morgan fingerprint density at radius 3 is 2.82 bits per heavy atom. The van der Waals surface area contributed by atoms with Crippen molar-refractivity contribution in [1.29, 1.82) is 0 Å². The number of rotatable bonds is 9. The second-order valence-electron chi connectivity index (χ2n) is 7.19. The molecule has 1 fully saturated rings. The third-order valence-corrected chi connectivity index (χ3v) is 5.10. The van der Waals surface area contributed by atoms with Gasteiger partial charge in [0, 0.05) is 25.8 Å². The smallest absolute Gasteiger partial charge is 0.324 e. The molecule has 0 saturated carbocycles. The van der Waals surface area contributed by atoms with Gasteiger partial charge in [-0.3, -0.25) is 4.79 Å². The number of hydrogen-bond donors (Lipinski definition) is 1. The van der Waals surface area contributed by atoms with Crippen LogP contribution in [0.1, 0.15) is 47.4 Å². The molecule has 0 spiro atoms. The maximum Gasteiger partial charge on any atom is 0.324 e. The maximum atomic E-state index is 11.3. The molecule has 28 heavy (non-hydrogen) atoms. The van der Waals surface area contributed by atoms with Crippen LogP contribution in [-0.4, -0.2) is 42.9 Å². The number of anilines is 1. The van der Waals surface area contributed by atoms with E-state index in [0.29, 0.717) is 36.5 Å². The van der Waals surface area contributed by atoms with Gasteiger partial charge in [0.15, 0.2) is 5.82 Å². The Hall–Kier alpha value is -2.61. The zero-order valence-corrected chi connectivity index (χ0v) is 16.5. The van der Waals surface area contributed by atoms with E-state index in [2.05, 4.69) is 15.0 Å². The lowest BCUT2D eigenvalue weighted by atomic mass is 9.92. The lowest BCUT2D eigenvalue weighted by molar-refractivity contribution is 0.0999. The first-order valence-corrected chi connectivity index (χ1v) is 9.66. The Bertz CT molecular complexity index is 784. The molecule has 1 amide bonds. The zero-order chi connectivity index (χ0) is 19.9. The van der Waals surface area contributed by atoms with Crippen molar-refractivity contribution in [3.8, 4) is 5.75 Å². The van der Waals surface area contributed by atoms with Crippen molar-refractivity contribution in [3.05, 3.63) is 35.2 Å². The minimum atomic E-state index is -0.411. The molecule has 1 saturated heterocycles. The minimum Gasteiger partial charge on any atom is -0.494 e. The molecule has 152 valence electrons. The number of amides is 1. The zero-order valence-electron chi connectivity index (χ0n) is 16.5. The summed E-state index contributed by atoms with van der Waals surface area (Å²) in [7, 11) is 1.61. The van der Waals surface area contributed by atoms with Crippen molar-refractivity contribution >= 4 is 11.9 Å². The number of carbonyl (C=O) groups is 1. The van der Waals surface area contributed by atoms with Gasteiger partial charge in [-0.2, -0.15) is 4.98 Å². The van der Waals surface area contributed by atoms with E-state index in [4.69, 9.17) is 19.7 Å². The van der Waals surface area contributed by atoms with Crippen LogP contribution in [0.15, 0.2) is 22.7 Å². The lowest BCUT2D eigenvalue weighted by Crippen LogP contribution is -2.34. The first-order valence-electron chi connectivity index (χ1n) is 9.66. The number of methoxy groups -OCH3 is 1. The molecule has 2 N–H and O–H groups in total. The van der Waals surface area contributed by atoms with Crippen LogP contribution in [0.3, 0.4) is 0 Å². The fraction of sp³-hybridized carbons (Fsp3) is 0.550. The fourth-order valence-corrected chi connectivity index (χ4v) is 3.54. The van der Waals surface area contributed by atoms with Gasteiger partial charge in [-0.15, -0.1) is 0 Å². The molecule has 0 unspecified atom stereocenters. The van der Waals surface area contributed by atoms with Crippen molar-refractivity contribution in [2.75, 3.05) is 31.7 Å². The van der Waals surface area contributed by atoms with Gasteiger partial charge >= 0.3 is 6.01 Å². The molecule has 8 nitrogen and oxygen atoms in total. The molecule has 1 aromatic carbocycles. The predicted octanol–water partition coefficient (Wildman–Crippen LogP) is 2.70. The van der Waals surface area contributed by atoms with Crippen LogP contribution in [0, 0.1) is 12.8 Å². The second kappa shape index (κ2) is 9.54. The SMILES string of the molecule is COCc1noc(N2CCC(CCCOc3ccc(C(N)=O)c(C)c3)CC2)n1. The molecule has 0 aliphatic carbocycles. The van der Waals surface area contributed by atoms with E-state index in [1.807, 2.05) is 13.0 Å². The van der Waals surface area contributed by atoms with E-state index in [1.54, 1.807) is 19.2 Å². The van der Waals surface area contributed by atoms with Crippen molar-refractivity contribution in [1.82, 2.24) is 10.1 Å². The Morgan fingerprint density at radius 2 is 2.14 bits per heavy atom. The molecule has 0 radical (unpaired) electrons. The van der Waals surface area contributed by atoms with Crippen LogP contribution in [0.4, 0.5) is 6.01 Å². The summed E-state index contributed by atoms with van der Waals surface area (Å²) in [5.74, 6) is 1.63. The Labute approximate surface area is 165 Å². The van der Waals surface area contributed by atoms with Gasteiger partial charge in [0.05, 0.1) is 6.61 Å². The molecule has 2 heterocycles. The van der Waals surface area contributed by atoms with E-state index in [9.17, 15) is 4.79 Å². The average molecular weight is 388 g/mol. The number of hydrogen-bond acceptors (Lipinski definition) is 7. The highest BCUT2D eigenvalue weighted by molar-refractivity contribution is 5.94. The quantitative estimate of drug-likeness (QED) is 0.659. The summed E-state index contributed by atoms with van der Waals surface area (Å²) in [5.41, 5.74) is 6.71. The fourth-order valence-electron chi connectivity index (χ4n) is 3.54. The van der Waals surface area contributed by atoms with Crippen LogP contribution in [0.5, 0.6) is 5.75 Å². The van der Waals surface area contributed by atoms with E-state index in [0.717, 1.165) is 50.1 Å². The van der Waals surface area contributed by atoms with Crippen LogP contribution in [-0.2, 0) is 11.3 Å². The summed E-state index contributed by atoms with van der Waals surface area (Å²) >= 11 is 0. The van der Waals surface area contributed by atoms with Crippen LogP contribution >= 0.6 is 0 Å². The average Bonchev–Trinajstić information content (AvgIpc) is 3.14. The van der Waals surface area contributed by atoms with Gasteiger partial charge < -0.3 is 24.6 Å². The number of aromatic nitrogens is 2. The largest absolute Gasteiger partial charge is 0.494 e. The van der Waals surface area contributed by atoms with Gasteiger partial charge in [0.1, 0.15) is 12.4 Å². The third-order valence-electron chi connectivity index (χ3n) is 5.10. The number of aryl methyl sites for hydroxylation is 1. The Kier molecular flexibility index (Phi) is 6.86. The topological polar surface area (TPSA) is 104 Å². The van der Waals surface area contributed by atoms with Gasteiger partial charge in [-0.25, -0.2) is 0 Å². The number of ether oxygens (including phenoxy) is 2. The number of primary amides is 1. The van der Waals surface area contributed by atoms with Crippen molar-refractivity contribution in [3.63, 3.8) is 0 Å². The monoisotopic (exact) mass is 388 g/mol. The Morgan fingerprint density at radius 1 is 1.36 bits per heavy atom. The summed E-state index contributed by atoms with van der Waals surface area (Å²) in [4.78, 5) is 17.8. The van der Waals surface area contributed by atoms with E-state index in [-0.39, 0.29) is 0 Å². The number of carbonyl (C=O) groups excluding carboxylic acids is 1. The van der Waals surface area contributed by atoms with Crippen molar-refractivity contribution in [2.24, 2.45) is 11.7 Å². The lowest BCUT2D eigenvalue weighted by Gasteiger charge is -2.30. The molecule has 0 bridgehead atoms. The normalized spacial score (nSPS) is 15.0. The standard InChI is InChI=1S/C20H28N4O4/c1-14-12-16(5-6-17(14)19(21)25)27-11-3-4-15-7-9-24(10-8-15)20-22-18(13-26-2)23-28-20/h5-6,12,15H,3-4,7-11,13H2,1-2H3,(H2,21,25). The predicted molar refractivity (Wildman–Crippen MR) is 104 cm³/mol. The molecule has 0 atom stereocenters. The summed E-state index contributed by atoms with van der Waals surface area (Å²) in [6.07, 6.45) is 4.34. The first kappa shape index (κ1) is 20.1. The van der Waals surface area contributed by atoms with E-state index in [1.165, 1.54) is 0 Å².